The summed E-state index contributed by atoms with van der Waals surface area (Å²) in [5, 5.41) is 3.14. The highest BCUT2D eigenvalue weighted by Crippen LogP contribution is 2.24. The third-order valence-electron chi connectivity index (χ3n) is 1.98. The number of halogens is 1. The molecule has 0 spiro atoms. The molecule has 0 saturated heterocycles. The molecule has 3 heteroatoms. The van der Waals surface area contributed by atoms with E-state index in [1.54, 1.807) is 6.07 Å². The number of anilines is 1. The number of unbranched alkanes of at least 4 members (excludes halogenated alkanes) is 1. The fourth-order valence-electron chi connectivity index (χ4n) is 1.22. The molecule has 1 rings (SSSR count). The molecule has 0 aliphatic carbocycles. The number of terminal acetylenes is 1. The highest BCUT2D eigenvalue weighted by molar-refractivity contribution is 5.56. The molecule has 0 saturated carbocycles. The quantitative estimate of drug-likeness (QED) is 0.592. The maximum absolute atomic E-state index is 12.8. The van der Waals surface area contributed by atoms with Crippen LogP contribution in [0.25, 0.3) is 0 Å². The largest absolute Gasteiger partial charge is 0.494 e. The van der Waals surface area contributed by atoms with Gasteiger partial charge in [-0.3, -0.25) is 0 Å². The Bertz CT molecular complexity index is 357. The van der Waals surface area contributed by atoms with E-state index in [2.05, 4.69) is 11.2 Å². The topological polar surface area (TPSA) is 21.3 Å². The zero-order valence-electron chi connectivity index (χ0n) is 8.72. The van der Waals surface area contributed by atoms with Crippen LogP contribution >= 0.6 is 0 Å². The Morgan fingerprint density at radius 2 is 2.33 bits per heavy atom. The van der Waals surface area contributed by atoms with Gasteiger partial charge in [0.25, 0.3) is 0 Å². The minimum absolute atomic E-state index is 0.305. The van der Waals surface area contributed by atoms with Crippen molar-refractivity contribution < 1.29 is 9.13 Å². The number of methoxy groups -OCH3 is 1. The smallest absolute Gasteiger partial charge is 0.144 e. The highest BCUT2D eigenvalue weighted by atomic mass is 19.1. The zero-order valence-corrected chi connectivity index (χ0v) is 8.72. The van der Waals surface area contributed by atoms with Crippen LogP contribution in [0.2, 0.25) is 0 Å². The molecule has 0 radical (unpaired) electrons. The van der Waals surface area contributed by atoms with Crippen molar-refractivity contribution in [1.82, 2.24) is 0 Å². The second-order valence-corrected chi connectivity index (χ2v) is 3.08. The molecule has 0 amide bonds. The maximum atomic E-state index is 12.8. The van der Waals surface area contributed by atoms with E-state index in [1.807, 2.05) is 0 Å². The Labute approximate surface area is 89.4 Å². The standard InChI is InChI=1S/C12H14FNO/c1-3-4-5-8-14-11-7-6-10(13)9-12(11)15-2/h1,6-7,9,14H,4-5,8H2,2H3. The summed E-state index contributed by atoms with van der Waals surface area (Å²) in [4.78, 5) is 0. The summed E-state index contributed by atoms with van der Waals surface area (Å²) in [5.41, 5.74) is 0.788. The van der Waals surface area contributed by atoms with Gasteiger partial charge in [-0.2, -0.15) is 0 Å². The van der Waals surface area contributed by atoms with Crippen molar-refractivity contribution in [3.63, 3.8) is 0 Å². The monoisotopic (exact) mass is 207 g/mol. The lowest BCUT2D eigenvalue weighted by molar-refractivity contribution is 0.413. The zero-order chi connectivity index (χ0) is 11.1. The van der Waals surface area contributed by atoms with Crippen LogP contribution in [0.4, 0.5) is 10.1 Å². The third kappa shape index (κ3) is 3.51. The lowest BCUT2D eigenvalue weighted by atomic mass is 10.2. The van der Waals surface area contributed by atoms with Crippen LogP contribution in [0.15, 0.2) is 18.2 Å². The molecule has 1 N–H and O–H groups in total. The predicted octanol–water partition coefficient (Wildman–Crippen LogP) is 2.66. The molecule has 0 fully saturated rings. The Morgan fingerprint density at radius 1 is 1.53 bits per heavy atom. The van der Waals surface area contributed by atoms with Crippen LogP contribution in [-0.2, 0) is 0 Å². The maximum Gasteiger partial charge on any atom is 0.144 e. The third-order valence-corrected chi connectivity index (χ3v) is 1.98. The summed E-state index contributed by atoms with van der Waals surface area (Å²) < 4.78 is 17.9. The fourth-order valence-corrected chi connectivity index (χ4v) is 1.22. The summed E-state index contributed by atoms with van der Waals surface area (Å²) in [6.07, 6.45) is 6.75. The molecular weight excluding hydrogens is 193 g/mol. The molecule has 0 aliphatic heterocycles. The van der Waals surface area contributed by atoms with Gasteiger partial charge in [-0.1, -0.05) is 0 Å². The summed E-state index contributed by atoms with van der Waals surface area (Å²) >= 11 is 0. The van der Waals surface area contributed by atoms with Gasteiger partial charge in [0.05, 0.1) is 12.8 Å². The van der Waals surface area contributed by atoms with Crippen molar-refractivity contribution in [2.24, 2.45) is 0 Å². The van der Waals surface area contributed by atoms with Crippen molar-refractivity contribution in [1.29, 1.82) is 0 Å². The molecular formula is C12H14FNO. The molecule has 0 heterocycles. The Kier molecular flexibility index (Phi) is 4.49. The Balaban J connectivity index is 2.57. The van der Waals surface area contributed by atoms with Crippen LogP contribution in [0, 0.1) is 18.2 Å². The van der Waals surface area contributed by atoms with Gasteiger partial charge in [0, 0.05) is 19.0 Å². The minimum Gasteiger partial charge on any atom is -0.494 e. The average Bonchev–Trinajstić information content (AvgIpc) is 2.26. The van der Waals surface area contributed by atoms with Crippen molar-refractivity contribution in [2.45, 2.75) is 12.8 Å². The highest BCUT2D eigenvalue weighted by Gasteiger charge is 2.02. The first kappa shape index (κ1) is 11.4. The van der Waals surface area contributed by atoms with Gasteiger partial charge in [-0.25, -0.2) is 4.39 Å². The predicted molar refractivity (Wildman–Crippen MR) is 59.5 cm³/mol. The fraction of sp³-hybridized carbons (Fsp3) is 0.333. The number of hydrogen-bond acceptors (Lipinski definition) is 2. The van der Waals surface area contributed by atoms with Crippen LogP contribution in [-0.4, -0.2) is 13.7 Å². The van der Waals surface area contributed by atoms with Gasteiger partial charge in [0.1, 0.15) is 11.6 Å². The summed E-state index contributed by atoms with van der Waals surface area (Å²) in [6.45, 7) is 0.756. The van der Waals surface area contributed by atoms with Crippen molar-refractivity contribution in [3.05, 3.63) is 24.0 Å². The molecule has 0 unspecified atom stereocenters. The number of nitrogens with one attached hydrogen (secondary N) is 1. The molecule has 0 aromatic heterocycles. The van der Waals surface area contributed by atoms with E-state index < -0.39 is 0 Å². The van der Waals surface area contributed by atoms with Gasteiger partial charge in [-0.05, 0) is 18.6 Å². The summed E-state index contributed by atoms with van der Waals surface area (Å²) in [6, 6.07) is 4.40. The van der Waals surface area contributed by atoms with Gasteiger partial charge < -0.3 is 10.1 Å². The van der Waals surface area contributed by atoms with Crippen LogP contribution in [0.3, 0.4) is 0 Å². The second kappa shape index (κ2) is 5.92. The number of ether oxygens (including phenoxy) is 1. The first-order valence-electron chi connectivity index (χ1n) is 4.79. The van der Waals surface area contributed by atoms with E-state index in [4.69, 9.17) is 11.2 Å². The number of benzene rings is 1. The normalized spacial score (nSPS) is 9.40. The van der Waals surface area contributed by atoms with Gasteiger partial charge >= 0.3 is 0 Å². The Hall–Kier alpha value is -1.69. The van der Waals surface area contributed by atoms with Crippen LogP contribution in [0.5, 0.6) is 5.75 Å². The minimum atomic E-state index is -0.305. The van der Waals surface area contributed by atoms with E-state index >= 15 is 0 Å². The summed E-state index contributed by atoms with van der Waals surface area (Å²) in [5.74, 6) is 2.77. The molecule has 80 valence electrons. The lowest BCUT2D eigenvalue weighted by Crippen LogP contribution is -2.03. The molecule has 0 bridgehead atoms. The number of rotatable bonds is 5. The Morgan fingerprint density at radius 3 is 3.00 bits per heavy atom. The van der Waals surface area contributed by atoms with Gasteiger partial charge in [0.15, 0.2) is 0 Å². The lowest BCUT2D eigenvalue weighted by Gasteiger charge is -2.10. The molecule has 2 nitrogen and oxygen atoms in total. The van der Waals surface area contributed by atoms with Gasteiger partial charge in [-0.15, -0.1) is 12.3 Å². The van der Waals surface area contributed by atoms with Crippen molar-refractivity contribution in [2.75, 3.05) is 19.0 Å². The van der Waals surface area contributed by atoms with E-state index in [0.29, 0.717) is 5.75 Å². The number of hydrogen-bond donors (Lipinski definition) is 1. The van der Waals surface area contributed by atoms with Crippen LogP contribution in [0.1, 0.15) is 12.8 Å². The van der Waals surface area contributed by atoms with Crippen molar-refractivity contribution >= 4 is 5.69 Å². The molecule has 15 heavy (non-hydrogen) atoms. The van der Waals surface area contributed by atoms with E-state index in [1.165, 1.54) is 19.2 Å². The molecule has 0 atom stereocenters. The van der Waals surface area contributed by atoms with E-state index in [9.17, 15) is 4.39 Å². The van der Waals surface area contributed by atoms with Crippen LogP contribution < -0.4 is 10.1 Å². The average molecular weight is 207 g/mol. The van der Waals surface area contributed by atoms with Gasteiger partial charge in [0.2, 0.25) is 0 Å². The first-order chi connectivity index (χ1) is 7.27. The first-order valence-corrected chi connectivity index (χ1v) is 4.79. The molecule has 1 aromatic carbocycles. The summed E-state index contributed by atoms with van der Waals surface area (Å²) in [7, 11) is 1.52. The van der Waals surface area contributed by atoms with Crippen molar-refractivity contribution in [3.8, 4) is 18.1 Å². The molecule has 0 aliphatic rings. The molecule has 1 aromatic rings. The second-order valence-electron chi connectivity index (χ2n) is 3.08. The van der Waals surface area contributed by atoms with E-state index in [0.717, 1.165) is 25.1 Å². The van der Waals surface area contributed by atoms with E-state index in [-0.39, 0.29) is 5.82 Å². The SMILES string of the molecule is C#CCCCNc1ccc(F)cc1OC.